The predicted octanol–water partition coefficient (Wildman–Crippen LogP) is 3.73. The summed E-state index contributed by atoms with van der Waals surface area (Å²) >= 11 is 0. The van der Waals surface area contributed by atoms with Gasteiger partial charge in [0.05, 0.1) is 5.56 Å². The molecule has 0 fully saturated rings. The first-order chi connectivity index (χ1) is 8.81. The van der Waals surface area contributed by atoms with Gasteiger partial charge in [-0.3, -0.25) is 4.79 Å². The van der Waals surface area contributed by atoms with E-state index in [4.69, 9.17) is 4.74 Å². The molecule has 0 amide bonds. The van der Waals surface area contributed by atoms with E-state index in [1.54, 1.807) is 30.4 Å². The van der Waals surface area contributed by atoms with E-state index in [0.29, 0.717) is 17.9 Å². The molecule has 0 saturated carbocycles. The Morgan fingerprint density at radius 2 is 2.00 bits per heavy atom. The fourth-order valence-electron chi connectivity index (χ4n) is 1.37. The summed E-state index contributed by atoms with van der Waals surface area (Å²) < 4.78 is 5.61. The van der Waals surface area contributed by atoms with Crippen LogP contribution in [-0.2, 0) is 0 Å². The Morgan fingerprint density at radius 3 is 2.67 bits per heavy atom. The largest absolute Gasteiger partial charge is 0.488 e. The van der Waals surface area contributed by atoms with Gasteiger partial charge in [0, 0.05) is 0 Å². The van der Waals surface area contributed by atoms with Gasteiger partial charge in [0.1, 0.15) is 12.4 Å². The predicted molar refractivity (Wildman–Crippen MR) is 74.9 cm³/mol. The van der Waals surface area contributed by atoms with Crippen molar-refractivity contribution in [2.45, 2.75) is 0 Å². The molecule has 0 unspecified atom stereocenters. The van der Waals surface area contributed by atoms with Crippen LogP contribution in [0.5, 0.6) is 5.75 Å². The van der Waals surface area contributed by atoms with Crippen LogP contribution in [0.25, 0.3) is 0 Å². The highest BCUT2D eigenvalue weighted by molar-refractivity contribution is 5.79. The van der Waals surface area contributed by atoms with Crippen molar-refractivity contribution in [1.82, 2.24) is 0 Å². The van der Waals surface area contributed by atoms with Crippen molar-refractivity contribution >= 4 is 6.29 Å². The van der Waals surface area contributed by atoms with E-state index in [1.807, 2.05) is 24.3 Å². The van der Waals surface area contributed by atoms with Gasteiger partial charge in [-0.15, -0.1) is 0 Å². The van der Waals surface area contributed by atoms with Crippen molar-refractivity contribution in [2.75, 3.05) is 6.61 Å². The number of para-hydroxylation sites is 1. The molecule has 2 heteroatoms. The Morgan fingerprint density at radius 1 is 1.22 bits per heavy atom. The number of hydrogen-bond donors (Lipinski definition) is 0. The van der Waals surface area contributed by atoms with Crippen molar-refractivity contribution in [3.63, 3.8) is 0 Å². The minimum Gasteiger partial charge on any atom is -0.488 e. The standard InChI is InChI=1S/C16H16O2/c1-3-5-9-14(8-4-2)13-18-16-11-7-6-10-15(16)12-17/h3-12H,1-2,13H2/b9-5-,14-8+. The van der Waals surface area contributed by atoms with E-state index < -0.39 is 0 Å². The topological polar surface area (TPSA) is 26.3 Å². The van der Waals surface area contributed by atoms with Crippen molar-refractivity contribution < 1.29 is 9.53 Å². The summed E-state index contributed by atoms with van der Waals surface area (Å²) in [6.07, 6.45) is 9.73. The van der Waals surface area contributed by atoms with E-state index in [9.17, 15) is 4.79 Å². The molecule has 0 N–H and O–H groups in total. The second-order valence-corrected chi connectivity index (χ2v) is 3.52. The quantitative estimate of drug-likeness (QED) is 0.536. The third-order valence-corrected chi connectivity index (χ3v) is 2.22. The van der Waals surface area contributed by atoms with E-state index >= 15 is 0 Å². The maximum absolute atomic E-state index is 10.8. The number of benzene rings is 1. The zero-order valence-corrected chi connectivity index (χ0v) is 10.2. The Hall–Kier alpha value is -2.35. The van der Waals surface area contributed by atoms with Gasteiger partial charge in [-0.05, 0) is 17.7 Å². The summed E-state index contributed by atoms with van der Waals surface area (Å²) in [5.74, 6) is 0.578. The number of ether oxygens (including phenoxy) is 1. The second kappa shape index (κ2) is 7.85. The molecule has 0 saturated heterocycles. The maximum Gasteiger partial charge on any atom is 0.153 e. The molecule has 0 bridgehead atoms. The lowest BCUT2D eigenvalue weighted by molar-refractivity contribution is 0.112. The van der Waals surface area contributed by atoms with Crippen LogP contribution < -0.4 is 4.74 Å². The van der Waals surface area contributed by atoms with Crippen LogP contribution in [0.4, 0.5) is 0 Å². The van der Waals surface area contributed by atoms with Crippen molar-refractivity contribution in [2.24, 2.45) is 0 Å². The average molecular weight is 240 g/mol. The Kier molecular flexibility index (Phi) is 5.98. The lowest BCUT2D eigenvalue weighted by atomic mass is 10.2. The number of carbonyl (C=O) groups excluding carboxylic acids is 1. The molecule has 0 heterocycles. The Bertz CT molecular complexity index is 482. The number of allylic oxidation sites excluding steroid dienone is 4. The molecule has 0 spiro atoms. The van der Waals surface area contributed by atoms with Gasteiger partial charge < -0.3 is 4.74 Å². The molecule has 1 rings (SSSR count). The Labute approximate surface area is 108 Å². The molecule has 0 aromatic heterocycles. The van der Waals surface area contributed by atoms with Crippen molar-refractivity contribution in [3.05, 3.63) is 78.9 Å². The fraction of sp³-hybridized carbons (Fsp3) is 0.0625. The molecule has 0 atom stereocenters. The molecule has 2 nitrogen and oxygen atoms in total. The number of hydrogen-bond acceptors (Lipinski definition) is 2. The monoisotopic (exact) mass is 240 g/mol. The third kappa shape index (κ3) is 4.26. The molecule has 1 aromatic rings. The lowest BCUT2D eigenvalue weighted by Gasteiger charge is -2.08. The highest BCUT2D eigenvalue weighted by atomic mass is 16.5. The summed E-state index contributed by atoms with van der Waals surface area (Å²) in [7, 11) is 0. The zero-order valence-electron chi connectivity index (χ0n) is 10.2. The van der Waals surface area contributed by atoms with Crippen LogP contribution in [0.3, 0.4) is 0 Å². The summed E-state index contributed by atoms with van der Waals surface area (Å²) in [4.78, 5) is 10.8. The first-order valence-corrected chi connectivity index (χ1v) is 5.59. The van der Waals surface area contributed by atoms with Gasteiger partial charge in [-0.2, -0.15) is 0 Å². The first-order valence-electron chi connectivity index (χ1n) is 5.59. The van der Waals surface area contributed by atoms with Crippen LogP contribution in [-0.4, -0.2) is 12.9 Å². The second-order valence-electron chi connectivity index (χ2n) is 3.52. The first kappa shape index (κ1) is 13.7. The molecule has 18 heavy (non-hydrogen) atoms. The van der Waals surface area contributed by atoms with Gasteiger partial charge in [-0.25, -0.2) is 0 Å². The average Bonchev–Trinajstić information content (AvgIpc) is 2.42. The van der Waals surface area contributed by atoms with E-state index in [1.165, 1.54) is 0 Å². The zero-order chi connectivity index (χ0) is 13.2. The highest BCUT2D eigenvalue weighted by Crippen LogP contribution is 2.16. The number of rotatable bonds is 7. The fourth-order valence-corrected chi connectivity index (χ4v) is 1.37. The minimum atomic E-state index is 0.376. The van der Waals surface area contributed by atoms with E-state index in [0.717, 1.165) is 11.9 Å². The van der Waals surface area contributed by atoms with Crippen molar-refractivity contribution in [3.8, 4) is 5.75 Å². The Balaban J connectivity index is 2.75. The van der Waals surface area contributed by atoms with Crippen LogP contribution in [0.15, 0.2) is 73.4 Å². The normalized spacial score (nSPS) is 11.2. The molecular weight excluding hydrogens is 224 g/mol. The smallest absolute Gasteiger partial charge is 0.153 e. The molecule has 1 aromatic carbocycles. The summed E-state index contributed by atoms with van der Waals surface area (Å²) in [6, 6.07) is 7.12. The van der Waals surface area contributed by atoms with Gasteiger partial charge in [0.2, 0.25) is 0 Å². The molecule has 92 valence electrons. The molecule has 0 aliphatic heterocycles. The number of carbonyl (C=O) groups is 1. The lowest BCUT2D eigenvalue weighted by Crippen LogP contribution is -2.01. The third-order valence-electron chi connectivity index (χ3n) is 2.22. The van der Waals surface area contributed by atoms with Crippen LogP contribution >= 0.6 is 0 Å². The van der Waals surface area contributed by atoms with E-state index in [2.05, 4.69) is 13.2 Å². The summed E-state index contributed by atoms with van der Waals surface area (Å²) in [5.41, 5.74) is 1.49. The van der Waals surface area contributed by atoms with Gasteiger partial charge in [0.25, 0.3) is 0 Å². The SMILES string of the molecule is C=C/C=C\C(=C/C=C)COc1ccccc1C=O. The summed E-state index contributed by atoms with van der Waals surface area (Å²) in [5, 5.41) is 0. The highest BCUT2D eigenvalue weighted by Gasteiger charge is 2.01. The van der Waals surface area contributed by atoms with Crippen molar-refractivity contribution in [1.29, 1.82) is 0 Å². The molecule has 0 aliphatic carbocycles. The van der Waals surface area contributed by atoms with Crippen LogP contribution in [0, 0.1) is 0 Å². The maximum atomic E-state index is 10.8. The number of aldehydes is 1. The minimum absolute atomic E-state index is 0.376. The van der Waals surface area contributed by atoms with Crippen LogP contribution in [0.1, 0.15) is 10.4 Å². The van der Waals surface area contributed by atoms with E-state index in [-0.39, 0.29) is 0 Å². The molecule has 0 radical (unpaired) electrons. The molecular formula is C16H16O2. The summed E-state index contributed by atoms with van der Waals surface area (Å²) in [6.45, 7) is 7.64. The van der Waals surface area contributed by atoms with Crippen LogP contribution in [0.2, 0.25) is 0 Å². The molecule has 0 aliphatic rings. The van der Waals surface area contributed by atoms with Gasteiger partial charge in [0.15, 0.2) is 6.29 Å². The van der Waals surface area contributed by atoms with Gasteiger partial charge in [-0.1, -0.05) is 55.7 Å². The van der Waals surface area contributed by atoms with Gasteiger partial charge >= 0.3 is 0 Å².